The van der Waals surface area contributed by atoms with Crippen LogP contribution in [0.5, 0.6) is 5.75 Å². The number of halogens is 2. The summed E-state index contributed by atoms with van der Waals surface area (Å²) in [7, 11) is -2.33. The van der Waals surface area contributed by atoms with Crippen LogP contribution in [0.4, 0.5) is 5.69 Å². The van der Waals surface area contributed by atoms with Gasteiger partial charge in [-0.1, -0.05) is 54.6 Å². The summed E-state index contributed by atoms with van der Waals surface area (Å²) in [6.07, 6.45) is 6.07. The number of nitrogens with zero attached hydrogens (tertiary/aromatic N) is 2. The predicted octanol–water partition coefficient (Wildman–Crippen LogP) is 4.63. The molecule has 0 bridgehead atoms. The number of nitrogens with one attached hydrogen (secondary N) is 1. The maximum atomic E-state index is 13.7. The molecule has 0 aliphatic heterocycles. The van der Waals surface area contributed by atoms with E-state index in [-0.39, 0.29) is 29.2 Å². The predicted molar refractivity (Wildman–Crippen MR) is 147 cm³/mol. The summed E-state index contributed by atoms with van der Waals surface area (Å²) in [6.45, 7) is 1.23. The van der Waals surface area contributed by atoms with Crippen LogP contribution in [0.1, 0.15) is 44.6 Å². The lowest BCUT2D eigenvalue weighted by Crippen LogP contribution is -2.53. The zero-order valence-corrected chi connectivity index (χ0v) is 23.6. The summed E-state index contributed by atoms with van der Waals surface area (Å²) in [4.78, 5) is 28.3. The molecular weight excluding hydrogens is 537 g/mol. The van der Waals surface area contributed by atoms with E-state index in [1.54, 1.807) is 38.3 Å². The van der Waals surface area contributed by atoms with Crippen molar-refractivity contribution in [2.45, 2.75) is 57.7 Å². The maximum absolute atomic E-state index is 13.7. The molecule has 2 aromatic carbocycles. The van der Waals surface area contributed by atoms with Gasteiger partial charge in [-0.05, 0) is 55.7 Å². The molecule has 202 valence electrons. The van der Waals surface area contributed by atoms with Gasteiger partial charge in [0.15, 0.2) is 0 Å². The molecule has 0 radical (unpaired) electrons. The second-order valence-corrected chi connectivity index (χ2v) is 12.0. The van der Waals surface area contributed by atoms with Gasteiger partial charge in [-0.15, -0.1) is 0 Å². The van der Waals surface area contributed by atoms with Gasteiger partial charge in [-0.25, -0.2) is 8.42 Å². The van der Waals surface area contributed by atoms with E-state index in [1.807, 2.05) is 0 Å². The van der Waals surface area contributed by atoms with E-state index in [2.05, 4.69) is 5.32 Å². The standard InChI is InChI=1S/C26H33Cl2N3O5S/c1-18(26(33)29-21-7-5-4-6-8-21)30(16-19-9-12-22(36-2)13-10-19)25(32)17-31(37(3,34)35)24-14-11-20(27)15-23(24)28/h9-15,18,21H,4-8,16-17H2,1-3H3,(H,29,33)/t18-/m0/s1. The monoisotopic (exact) mass is 569 g/mol. The minimum absolute atomic E-state index is 0.0713. The van der Waals surface area contributed by atoms with Gasteiger partial charge >= 0.3 is 0 Å². The zero-order valence-electron chi connectivity index (χ0n) is 21.2. The number of hydrogen-bond donors (Lipinski definition) is 1. The Labute approximate surface area is 228 Å². The van der Waals surface area contributed by atoms with Crippen LogP contribution in [0.2, 0.25) is 10.0 Å². The highest BCUT2D eigenvalue weighted by molar-refractivity contribution is 7.92. The van der Waals surface area contributed by atoms with Crippen molar-refractivity contribution in [1.82, 2.24) is 10.2 Å². The summed E-state index contributed by atoms with van der Waals surface area (Å²) in [5.41, 5.74) is 0.896. The summed E-state index contributed by atoms with van der Waals surface area (Å²) in [5, 5.41) is 3.50. The van der Waals surface area contributed by atoms with E-state index in [0.717, 1.165) is 48.2 Å². The maximum Gasteiger partial charge on any atom is 0.244 e. The Bertz CT molecular complexity index is 1200. The second-order valence-electron chi connectivity index (χ2n) is 9.25. The SMILES string of the molecule is COc1ccc(CN(C(=O)CN(c2ccc(Cl)cc2Cl)S(C)(=O)=O)[C@@H](C)C(=O)NC2CCCCC2)cc1. The first-order valence-electron chi connectivity index (χ1n) is 12.1. The third kappa shape index (κ3) is 7.99. The van der Waals surface area contributed by atoms with Crippen molar-refractivity contribution in [3.8, 4) is 5.75 Å². The second kappa shape index (κ2) is 12.8. The molecule has 0 spiro atoms. The van der Waals surface area contributed by atoms with Crippen molar-refractivity contribution in [2.24, 2.45) is 0 Å². The van der Waals surface area contributed by atoms with Gasteiger partial charge < -0.3 is 15.0 Å². The van der Waals surface area contributed by atoms with Gasteiger partial charge in [-0.3, -0.25) is 13.9 Å². The molecular formula is C26H33Cl2N3O5S. The molecule has 0 unspecified atom stereocenters. The van der Waals surface area contributed by atoms with E-state index < -0.39 is 28.5 Å². The van der Waals surface area contributed by atoms with E-state index in [1.165, 1.54) is 23.1 Å². The van der Waals surface area contributed by atoms with Crippen molar-refractivity contribution in [1.29, 1.82) is 0 Å². The van der Waals surface area contributed by atoms with Crippen LogP contribution in [0.15, 0.2) is 42.5 Å². The van der Waals surface area contributed by atoms with Crippen LogP contribution in [0.25, 0.3) is 0 Å². The number of carbonyl (C=O) groups excluding carboxylic acids is 2. The van der Waals surface area contributed by atoms with Crippen molar-refractivity contribution in [3.63, 3.8) is 0 Å². The molecule has 1 aliphatic carbocycles. The molecule has 3 rings (SSSR count). The van der Waals surface area contributed by atoms with Crippen molar-refractivity contribution < 1.29 is 22.7 Å². The number of carbonyl (C=O) groups is 2. The topological polar surface area (TPSA) is 96.0 Å². The van der Waals surface area contributed by atoms with E-state index in [4.69, 9.17) is 27.9 Å². The molecule has 1 atom stereocenters. The lowest BCUT2D eigenvalue weighted by molar-refractivity contribution is -0.139. The quantitative estimate of drug-likeness (QED) is 0.449. The average Bonchev–Trinajstić information content (AvgIpc) is 2.86. The molecule has 2 aromatic rings. The first-order valence-corrected chi connectivity index (χ1v) is 14.8. The number of ether oxygens (including phenoxy) is 1. The fourth-order valence-corrected chi connectivity index (χ4v) is 5.78. The van der Waals surface area contributed by atoms with Crippen LogP contribution in [0, 0.1) is 0 Å². The Morgan fingerprint density at radius 1 is 1.08 bits per heavy atom. The number of benzene rings is 2. The number of amides is 2. The van der Waals surface area contributed by atoms with Crippen LogP contribution in [0.3, 0.4) is 0 Å². The summed E-state index contributed by atoms with van der Waals surface area (Å²) >= 11 is 12.3. The number of methoxy groups -OCH3 is 1. The molecule has 11 heteroatoms. The smallest absolute Gasteiger partial charge is 0.244 e. The van der Waals surface area contributed by atoms with Crippen LogP contribution in [-0.4, -0.2) is 57.1 Å². The molecule has 37 heavy (non-hydrogen) atoms. The van der Waals surface area contributed by atoms with E-state index >= 15 is 0 Å². The molecule has 0 saturated heterocycles. The van der Waals surface area contributed by atoms with Gasteiger partial charge in [0, 0.05) is 17.6 Å². The average molecular weight is 571 g/mol. The number of hydrogen-bond acceptors (Lipinski definition) is 5. The van der Waals surface area contributed by atoms with Crippen molar-refractivity contribution in [3.05, 3.63) is 58.1 Å². The minimum Gasteiger partial charge on any atom is -0.497 e. The third-order valence-corrected chi connectivity index (χ3v) is 8.15. The molecule has 1 fully saturated rings. The van der Waals surface area contributed by atoms with Crippen molar-refractivity contribution in [2.75, 3.05) is 24.2 Å². The highest BCUT2D eigenvalue weighted by atomic mass is 35.5. The molecule has 1 saturated carbocycles. The fraction of sp³-hybridized carbons (Fsp3) is 0.462. The normalized spacial score (nSPS) is 15.1. The Morgan fingerprint density at radius 2 is 1.73 bits per heavy atom. The summed E-state index contributed by atoms with van der Waals surface area (Å²) in [5.74, 6) is -0.159. The molecule has 8 nitrogen and oxygen atoms in total. The van der Waals surface area contributed by atoms with Gasteiger partial charge in [-0.2, -0.15) is 0 Å². The Balaban J connectivity index is 1.89. The summed E-state index contributed by atoms with van der Waals surface area (Å²) in [6, 6.07) is 10.7. The lowest BCUT2D eigenvalue weighted by Gasteiger charge is -2.33. The fourth-order valence-electron chi connectivity index (χ4n) is 4.36. The molecule has 1 N–H and O–H groups in total. The minimum atomic E-state index is -3.89. The molecule has 0 aromatic heterocycles. The summed E-state index contributed by atoms with van der Waals surface area (Å²) < 4.78 is 31.5. The van der Waals surface area contributed by atoms with Crippen LogP contribution in [-0.2, 0) is 26.2 Å². The lowest BCUT2D eigenvalue weighted by atomic mass is 9.95. The van der Waals surface area contributed by atoms with Gasteiger partial charge in [0.05, 0.1) is 24.1 Å². The molecule has 1 aliphatic rings. The van der Waals surface area contributed by atoms with E-state index in [0.29, 0.717) is 10.8 Å². The van der Waals surface area contributed by atoms with Crippen molar-refractivity contribution >= 4 is 50.7 Å². The van der Waals surface area contributed by atoms with Gasteiger partial charge in [0.25, 0.3) is 0 Å². The van der Waals surface area contributed by atoms with Crippen LogP contribution < -0.4 is 14.4 Å². The highest BCUT2D eigenvalue weighted by Gasteiger charge is 2.31. The van der Waals surface area contributed by atoms with Crippen LogP contribution >= 0.6 is 23.2 Å². The number of anilines is 1. The molecule has 2 amide bonds. The number of sulfonamides is 1. The van der Waals surface area contributed by atoms with Gasteiger partial charge in [0.1, 0.15) is 18.3 Å². The third-order valence-electron chi connectivity index (χ3n) is 6.49. The Kier molecular flexibility index (Phi) is 10.1. The largest absolute Gasteiger partial charge is 0.497 e. The first kappa shape index (κ1) is 29.1. The molecule has 0 heterocycles. The van der Waals surface area contributed by atoms with E-state index in [9.17, 15) is 18.0 Å². The highest BCUT2D eigenvalue weighted by Crippen LogP contribution is 2.30. The Hall–Kier alpha value is -2.49. The Morgan fingerprint density at radius 3 is 2.30 bits per heavy atom. The van der Waals surface area contributed by atoms with Gasteiger partial charge in [0.2, 0.25) is 21.8 Å². The zero-order chi connectivity index (χ0) is 27.2. The first-order chi connectivity index (χ1) is 17.5. The number of rotatable bonds is 10.